The quantitative estimate of drug-likeness (QED) is 0.524. The Morgan fingerprint density at radius 1 is 1.19 bits per heavy atom. The Morgan fingerprint density at radius 2 is 1.90 bits per heavy atom. The lowest BCUT2D eigenvalue weighted by Crippen LogP contribution is -2.48. The standard InChI is InChI=1S/C18H18F4N4O4S/c19-13-2-3-14(23-10-13)11-25-5-7-26(8-6-25)17(27)12-1-4-15(24-31(28)29)16(9-12)30-18(20,21)22/h1-4,9-10,24H,5-8,11H2,(H,28,29)/p-1. The molecule has 13 heteroatoms. The number of carbonyl (C=O) groups is 1. The Morgan fingerprint density at radius 3 is 2.48 bits per heavy atom. The monoisotopic (exact) mass is 461 g/mol. The van der Waals surface area contributed by atoms with Crippen molar-refractivity contribution in [3.63, 3.8) is 0 Å². The van der Waals surface area contributed by atoms with Gasteiger partial charge in [0.2, 0.25) is 0 Å². The zero-order valence-corrected chi connectivity index (χ0v) is 16.7. The van der Waals surface area contributed by atoms with Crippen LogP contribution in [0.25, 0.3) is 0 Å². The molecule has 1 unspecified atom stereocenters. The Hall–Kier alpha value is -2.77. The van der Waals surface area contributed by atoms with Crippen LogP contribution < -0.4 is 9.46 Å². The average molecular weight is 461 g/mol. The van der Waals surface area contributed by atoms with E-state index in [1.165, 1.54) is 17.0 Å². The first-order valence-electron chi connectivity index (χ1n) is 8.98. The van der Waals surface area contributed by atoms with Crippen molar-refractivity contribution in [1.29, 1.82) is 0 Å². The molecule has 0 bridgehead atoms. The van der Waals surface area contributed by atoms with Gasteiger partial charge in [-0.2, -0.15) is 0 Å². The van der Waals surface area contributed by atoms with Crippen LogP contribution in [-0.2, 0) is 17.8 Å². The van der Waals surface area contributed by atoms with Crippen LogP contribution in [0.4, 0.5) is 23.2 Å². The van der Waals surface area contributed by atoms with E-state index in [2.05, 4.69) is 9.72 Å². The van der Waals surface area contributed by atoms with Crippen molar-refractivity contribution in [2.24, 2.45) is 0 Å². The van der Waals surface area contributed by atoms with Crippen molar-refractivity contribution >= 4 is 22.9 Å². The maximum atomic E-state index is 12.9. The molecule has 0 radical (unpaired) electrons. The summed E-state index contributed by atoms with van der Waals surface area (Å²) < 4.78 is 78.1. The van der Waals surface area contributed by atoms with Crippen LogP contribution >= 0.6 is 0 Å². The zero-order valence-electron chi connectivity index (χ0n) is 15.9. The highest BCUT2D eigenvalue weighted by atomic mass is 32.2. The maximum absolute atomic E-state index is 12.9. The lowest BCUT2D eigenvalue weighted by atomic mass is 10.1. The second-order valence-electron chi connectivity index (χ2n) is 6.63. The molecule has 1 saturated heterocycles. The molecule has 2 aromatic rings. The van der Waals surface area contributed by atoms with Gasteiger partial charge in [0, 0.05) is 49.6 Å². The minimum atomic E-state index is -5.07. The lowest BCUT2D eigenvalue weighted by molar-refractivity contribution is -0.274. The largest absolute Gasteiger partial charge is 0.755 e. The number of alkyl halides is 3. The number of halogens is 4. The molecule has 2 heterocycles. The van der Waals surface area contributed by atoms with E-state index in [9.17, 15) is 31.1 Å². The molecule has 0 spiro atoms. The van der Waals surface area contributed by atoms with E-state index in [1.807, 2.05) is 4.90 Å². The van der Waals surface area contributed by atoms with Crippen molar-refractivity contribution in [2.75, 3.05) is 30.9 Å². The zero-order chi connectivity index (χ0) is 22.6. The van der Waals surface area contributed by atoms with Crippen LogP contribution in [0.2, 0.25) is 0 Å². The number of carbonyl (C=O) groups excluding carboxylic acids is 1. The number of rotatable bonds is 6. The summed E-state index contributed by atoms with van der Waals surface area (Å²) in [5.41, 5.74) is 0.155. The van der Waals surface area contributed by atoms with Crippen LogP contribution in [0.3, 0.4) is 0 Å². The fraction of sp³-hybridized carbons (Fsp3) is 0.333. The van der Waals surface area contributed by atoms with Crippen molar-refractivity contribution < 1.29 is 35.9 Å². The van der Waals surface area contributed by atoms with Gasteiger partial charge in [0.25, 0.3) is 5.91 Å². The predicted molar refractivity (Wildman–Crippen MR) is 101 cm³/mol. The second kappa shape index (κ2) is 9.58. The van der Waals surface area contributed by atoms with E-state index in [0.717, 1.165) is 18.3 Å². The molecule has 1 atom stereocenters. The Balaban J connectivity index is 1.66. The number of ether oxygens (including phenoxy) is 1. The molecule has 168 valence electrons. The third kappa shape index (κ3) is 6.60. The molecule has 1 aliphatic rings. The summed E-state index contributed by atoms with van der Waals surface area (Å²) in [7, 11) is 0. The summed E-state index contributed by atoms with van der Waals surface area (Å²) in [5.74, 6) is -1.78. The Labute approximate surface area is 177 Å². The molecular formula is C18H17F4N4O4S-. The maximum Gasteiger partial charge on any atom is 0.573 e. The van der Waals surface area contributed by atoms with E-state index in [4.69, 9.17) is 0 Å². The lowest BCUT2D eigenvalue weighted by Gasteiger charge is -2.34. The molecule has 1 aromatic heterocycles. The smallest absolute Gasteiger partial charge is 0.573 e. The van der Waals surface area contributed by atoms with Gasteiger partial charge in [0.15, 0.2) is 5.75 Å². The third-order valence-corrected chi connectivity index (χ3v) is 4.87. The van der Waals surface area contributed by atoms with Gasteiger partial charge in [-0.25, -0.2) is 4.39 Å². The molecule has 3 rings (SSSR count). The van der Waals surface area contributed by atoms with Crippen LogP contribution in [0.5, 0.6) is 5.75 Å². The summed E-state index contributed by atoms with van der Waals surface area (Å²) >= 11 is -2.87. The minimum absolute atomic E-state index is 0.0740. The normalized spacial score (nSPS) is 16.1. The van der Waals surface area contributed by atoms with E-state index < -0.39 is 40.8 Å². The van der Waals surface area contributed by atoms with Gasteiger partial charge in [-0.15, -0.1) is 13.2 Å². The molecule has 1 aliphatic heterocycles. The fourth-order valence-corrected chi connectivity index (χ4v) is 3.41. The third-order valence-electron chi connectivity index (χ3n) is 4.48. The summed E-state index contributed by atoms with van der Waals surface area (Å²) in [6.45, 7) is 2.09. The van der Waals surface area contributed by atoms with E-state index in [-0.39, 0.29) is 5.56 Å². The predicted octanol–water partition coefficient (Wildman–Crippen LogP) is 2.28. The Kier molecular flexibility index (Phi) is 7.08. The van der Waals surface area contributed by atoms with Gasteiger partial charge in [0.1, 0.15) is 5.82 Å². The van der Waals surface area contributed by atoms with E-state index in [0.29, 0.717) is 38.4 Å². The van der Waals surface area contributed by atoms with Crippen LogP contribution in [0.1, 0.15) is 16.1 Å². The fourth-order valence-electron chi connectivity index (χ4n) is 3.06. The van der Waals surface area contributed by atoms with Gasteiger partial charge in [-0.1, -0.05) is 0 Å². The van der Waals surface area contributed by atoms with Crippen molar-refractivity contribution in [2.45, 2.75) is 12.9 Å². The second-order valence-corrected chi connectivity index (χ2v) is 7.31. The molecule has 0 aliphatic carbocycles. The van der Waals surface area contributed by atoms with Crippen LogP contribution in [-0.4, -0.2) is 62.0 Å². The molecule has 0 saturated carbocycles. The van der Waals surface area contributed by atoms with Gasteiger partial charge < -0.3 is 18.9 Å². The first-order valence-corrected chi connectivity index (χ1v) is 10.1. The van der Waals surface area contributed by atoms with Crippen molar-refractivity contribution in [3.05, 3.63) is 53.6 Å². The molecule has 1 fully saturated rings. The van der Waals surface area contributed by atoms with Gasteiger partial charge in [0.05, 0.1) is 17.6 Å². The highest BCUT2D eigenvalue weighted by molar-refractivity contribution is 7.80. The summed E-state index contributed by atoms with van der Waals surface area (Å²) in [6, 6.07) is 5.97. The number of hydrogen-bond donors (Lipinski definition) is 1. The van der Waals surface area contributed by atoms with Gasteiger partial charge in [-0.3, -0.25) is 18.9 Å². The number of amides is 1. The highest BCUT2D eigenvalue weighted by Crippen LogP contribution is 2.32. The van der Waals surface area contributed by atoms with Crippen molar-refractivity contribution in [3.8, 4) is 5.75 Å². The van der Waals surface area contributed by atoms with Crippen LogP contribution in [0, 0.1) is 5.82 Å². The molecule has 8 nitrogen and oxygen atoms in total. The van der Waals surface area contributed by atoms with E-state index in [1.54, 1.807) is 10.8 Å². The number of anilines is 1. The number of piperazine rings is 1. The summed E-state index contributed by atoms with van der Waals surface area (Å²) in [5, 5.41) is 0. The first-order chi connectivity index (χ1) is 14.6. The topological polar surface area (TPSA) is 97.8 Å². The van der Waals surface area contributed by atoms with Gasteiger partial charge in [-0.05, 0) is 30.3 Å². The summed E-state index contributed by atoms with van der Waals surface area (Å²) in [6.07, 6.45) is -3.95. The van der Waals surface area contributed by atoms with E-state index >= 15 is 0 Å². The molecule has 1 N–H and O–H groups in total. The van der Waals surface area contributed by atoms with Gasteiger partial charge >= 0.3 is 6.36 Å². The summed E-state index contributed by atoms with van der Waals surface area (Å²) in [4.78, 5) is 20.2. The number of aromatic nitrogens is 1. The number of pyridine rings is 1. The molecule has 1 aromatic carbocycles. The number of benzene rings is 1. The molecule has 31 heavy (non-hydrogen) atoms. The minimum Gasteiger partial charge on any atom is -0.755 e. The SMILES string of the molecule is O=C(c1ccc(NS(=O)[O-])c(OC(F)(F)F)c1)N1CCN(Cc2ccc(F)cn2)CC1. The van der Waals surface area contributed by atoms with Crippen LogP contribution in [0.15, 0.2) is 36.5 Å². The molecule has 1 amide bonds. The number of nitrogens with one attached hydrogen (secondary N) is 1. The number of nitrogens with zero attached hydrogens (tertiary/aromatic N) is 3. The average Bonchev–Trinajstić information content (AvgIpc) is 2.70. The number of hydrogen-bond acceptors (Lipinski definition) is 6. The Bertz CT molecular complexity index is 951. The molecular weight excluding hydrogens is 444 g/mol. The highest BCUT2D eigenvalue weighted by Gasteiger charge is 2.33. The van der Waals surface area contributed by atoms with Crippen molar-refractivity contribution in [1.82, 2.24) is 14.8 Å². The first kappa shape index (κ1) is 22.9.